The Morgan fingerprint density at radius 3 is 2.84 bits per heavy atom. The first-order valence-corrected chi connectivity index (χ1v) is 5.86. The molecule has 6 heteroatoms. The minimum absolute atomic E-state index is 0.0569. The summed E-state index contributed by atoms with van der Waals surface area (Å²) in [6, 6.07) is 7.08. The molecule has 3 rings (SSSR count). The maximum Gasteiger partial charge on any atom is 0.356 e. The van der Waals surface area contributed by atoms with E-state index in [9.17, 15) is 9.90 Å². The van der Waals surface area contributed by atoms with E-state index in [2.05, 4.69) is 9.97 Å². The number of halogens is 1. The molecule has 5 nitrogen and oxygen atoms in total. The molecule has 0 aromatic carbocycles. The summed E-state index contributed by atoms with van der Waals surface area (Å²) >= 11 is 6.06. The Labute approximate surface area is 113 Å². The molecule has 0 aliphatic carbocycles. The van der Waals surface area contributed by atoms with Crippen molar-refractivity contribution in [2.24, 2.45) is 0 Å². The van der Waals surface area contributed by atoms with Gasteiger partial charge in [-0.15, -0.1) is 0 Å². The number of fused-ring (bicyclic) bond motifs is 1. The summed E-state index contributed by atoms with van der Waals surface area (Å²) < 4.78 is 1.74. The molecule has 0 unspecified atom stereocenters. The van der Waals surface area contributed by atoms with Crippen LogP contribution in [0.15, 0.2) is 42.9 Å². The summed E-state index contributed by atoms with van der Waals surface area (Å²) in [5.74, 6) is -1.11. The minimum Gasteiger partial charge on any atom is -0.476 e. The highest BCUT2D eigenvalue weighted by atomic mass is 35.5. The van der Waals surface area contributed by atoms with E-state index in [0.717, 1.165) is 5.52 Å². The summed E-state index contributed by atoms with van der Waals surface area (Å²) in [6.45, 7) is 0. The van der Waals surface area contributed by atoms with Gasteiger partial charge in [0.2, 0.25) is 0 Å². The van der Waals surface area contributed by atoms with Gasteiger partial charge < -0.3 is 9.51 Å². The van der Waals surface area contributed by atoms with E-state index < -0.39 is 5.97 Å². The van der Waals surface area contributed by atoms with Gasteiger partial charge in [-0.2, -0.15) is 0 Å². The van der Waals surface area contributed by atoms with Gasteiger partial charge in [0.15, 0.2) is 5.69 Å². The number of aromatic nitrogens is 3. The molecule has 0 radical (unpaired) electrons. The minimum atomic E-state index is -1.11. The van der Waals surface area contributed by atoms with Crippen LogP contribution in [0.3, 0.4) is 0 Å². The zero-order valence-corrected chi connectivity index (χ0v) is 10.4. The van der Waals surface area contributed by atoms with Crippen LogP contribution in [0.5, 0.6) is 0 Å². The van der Waals surface area contributed by atoms with Crippen molar-refractivity contribution in [1.82, 2.24) is 14.4 Å². The number of carboxylic acid groups (broad SMARTS) is 1. The number of hydrogen-bond donors (Lipinski definition) is 1. The van der Waals surface area contributed by atoms with Crippen molar-refractivity contribution < 1.29 is 9.90 Å². The second-order valence-electron chi connectivity index (χ2n) is 3.91. The highest BCUT2D eigenvalue weighted by Gasteiger charge is 2.19. The molecule has 0 bridgehead atoms. The second-order valence-corrected chi connectivity index (χ2v) is 4.26. The normalized spacial score (nSPS) is 10.8. The van der Waals surface area contributed by atoms with Gasteiger partial charge in [-0.3, -0.25) is 0 Å². The third-order valence-corrected chi connectivity index (χ3v) is 3.09. The lowest BCUT2D eigenvalue weighted by Crippen LogP contribution is -2.07. The lowest BCUT2D eigenvalue weighted by molar-refractivity contribution is 0.0691. The monoisotopic (exact) mass is 273 g/mol. The Kier molecular flexibility index (Phi) is 2.68. The lowest BCUT2D eigenvalue weighted by Gasteiger charge is -2.10. The van der Waals surface area contributed by atoms with E-state index in [-0.39, 0.29) is 10.8 Å². The van der Waals surface area contributed by atoms with Gasteiger partial charge in [-0.05, 0) is 24.3 Å². The number of rotatable bonds is 2. The van der Waals surface area contributed by atoms with Gasteiger partial charge in [-0.25, -0.2) is 14.8 Å². The molecule has 3 aromatic rings. The summed E-state index contributed by atoms with van der Waals surface area (Å²) in [4.78, 5) is 19.3. The number of hydrogen-bond acceptors (Lipinski definition) is 3. The van der Waals surface area contributed by atoms with Gasteiger partial charge in [0.05, 0.1) is 17.4 Å². The average molecular weight is 274 g/mol. The van der Waals surface area contributed by atoms with Gasteiger partial charge in [-0.1, -0.05) is 11.6 Å². The average Bonchev–Trinajstić information content (AvgIpc) is 2.86. The molecule has 0 atom stereocenters. The molecule has 0 aliphatic rings. The van der Waals surface area contributed by atoms with Crippen LogP contribution in [-0.2, 0) is 0 Å². The third-order valence-electron chi connectivity index (χ3n) is 2.79. The van der Waals surface area contributed by atoms with Gasteiger partial charge in [0.1, 0.15) is 5.15 Å². The van der Waals surface area contributed by atoms with Crippen LogP contribution in [0.2, 0.25) is 5.15 Å². The van der Waals surface area contributed by atoms with Crippen molar-refractivity contribution in [3.8, 4) is 11.3 Å². The maximum atomic E-state index is 11.3. The van der Waals surface area contributed by atoms with Crippen molar-refractivity contribution in [2.45, 2.75) is 0 Å². The second kappa shape index (κ2) is 4.37. The van der Waals surface area contributed by atoms with Crippen molar-refractivity contribution >= 4 is 23.1 Å². The van der Waals surface area contributed by atoms with E-state index in [1.165, 1.54) is 6.20 Å². The van der Waals surface area contributed by atoms with Crippen LogP contribution < -0.4 is 0 Å². The maximum absolute atomic E-state index is 11.3. The van der Waals surface area contributed by atoms with Crippen LogP contribution in [0.25, 0.3) is 16.8 Å². The predicted octanol–water partition coefficient (Wildman–Crippen LogP) is 2.75. The highest BCUT2D eigenvalue weighted by molar-refractivity contribution is 6.32. The van der Waals surface area contributed by atoms with E-state index in [4.69, 9.17) is 11.6 Å². The summed E-state index contributed by atoms with van der Waals surface area (Å²) in [5.41, 5.74) is 1.70. The van der Waals surface area contributed by atoms with Crippen LogP contribution in [0.1, 0.15) is 10.5 Å². The summed E-state index contributed by atoms with van der Waals surface area (Å²) in [7, 11) is 0. The molecule has 0 aliphatic heterocycles. The van der Waals surface area contributed by atoms with Gasteiger partial charge >= 0.3 is 5.97 Å². The molecular formula is C13H8ClN3O2. The Morgan fingerprint density at radius 1 is 1.26 bits per heavy atom. The number of carboxylic acids is 1. The fourth-order valence-electron chi connectivity index (χ4n) is 1.99. The van der Waals surface area contributed by atoms with Crippen molar-refractivity contribution in [1.29, 1.82) is 0 Å². The standard InChI is InChI=1S/C13H8ClN3O2/c14-12-9(4-1-5-15-12)11-10(13(18)19)16-7-8-3-2-6-17(8)11/h1-7H,(H,18,19). The molecule has 0 saturated carbocycles. The van der Waals surface area contributed by atoms with Crippen LogP contribution in [-0.4, -0.2) is 25.4 Å². The van der Waals surface area contributed by atoms with E-state index >= 15 is 0 Å². The third kappa shape index (κ3) is 1.84. The fraction of sp³-hybridized carbons (Fsp3) is 0. The Balaban J connectivity index is 2.43. The Bertz CT molecular complexity index is 782. The molecule has 0 amide bonds. The largest absolute Gasteiger partial charge is 0.476 e. The van der Waals surface area contributed by atoms with Crippen molar-refractivity contribution in [2.75, 3.05) is 0 Å². The SMILES string of the molecule is O=C(O)c1ncc2cccn2c1-c1cccnc1Cl. The number of nitrogens with zero attached hydrogens (tertiary/aromatic N) is 3. The van der Waals surface area contributed by atoms with E-state index in [0.29, 0.717) is 11.3 Å². The first-order chi connectivity index (χ1) is 9.18. The van der Waals surface area contributed by atoms with E-state index in [1.807, 2.05) is 12.1 Å². The van der Waals surface area contributed by atoms with Gasteiger partial charge in [0, 0.05) is 18.0 Å². The predicted molar refractivity (Wildman–Crippen MR) is 70.4 cm³/mol. The Hall–Kier alpha value is -2.40. The number of carbonyl (C=O) groups is 1. The quantitative estimate of drug-likeness (QED) is 0.729. The van der Waals surface area contributed by atoms with Crippen molar-refractivity contribution in [3.63, 3.8) is 0 Å². The number of pyridine rings is 1. The highest BCUT2D eigenvalue weighted by Crippen LogP contribution is 2.29. The molecule has 94 valence electrons. The smallest absolute Gasteiger partial charge is 0.356 e. The molecule has 0 fully saturated rings. The van der Waals surface area contributed by atoms with E-state index in [1.54, 1.807) is 28.9 Å². The molecule has 3 aromatic heterocycles. The van der Waals surface area contributed by atoms with Crippen LogP contribution in [0.4, 0.5) is 0 Å². The Morgan fingerprint density at radius 2 is 2.11 bits per heavy atom. The van der Waals surface area contributed by atoms with Crippen molar-refractivity contribution in [3.05, 3.63) is 53.7 Å². The van der Waals surface area contributed by atoms with Gasteiger partial charge in [0.25, 0.3) is 0 Å². The molecule has 3 heterocycles. The molecular weight excluding hydrogens is 266 g/mol. The summed E-state index contributed by atoms with van der Waals surface area (Å²) in [5, 5.41) is 9.52. The molecule has 19 heavy (non-hydrogen) atoms. The first kappa shape index (κ1) is 11.7. The zero-order valence-electron chi connectivity index (χ0n) is 9.62. The fourth-order valence-corrected chi connectivity index (χ4v) is 2.19. The molecule has 0 saturated heterocycles. The first-order valence-electron chi connectivity index (χ1n) is 5.49. The lowest BCUT2D eigenvalue weighted by atomic mass is 10.1. The number of aromatic carboxylic acids is 1. The zero-order chi connectivity index (χ0) is 13.4. The summed E-state index contributed by atoms with van der Waals surface area (Å²) in [6.07, 6.45) is 4.83. The molecule has 1 N–H and O–H groups in total. The van der Waals surface area contributed by atoms with Crippen LogP contribution >= 0.6 is 11.6 Å². The van der Waals surface area contributed by atoms with Crippen LogP contribution in [0, 0.1) is 0 Å². The molecule has 0 spiro atoms. The topological polar surface area (TPSA) is 67.5 Å².